The Labute approximate surface area is 107 Å². The zero-order valence-corrected chi connectivity index (χ0v) is 10.7. The molecule has 0 aromatic heterocycles. The highest BCUT2D eigenvalue weighted by Crippen LogP contribution is 2.13. The van der Waals surface area contributed by atoms with E-state index in [1.807, 2.05) is 19.1 Å². The van der Waals surface area contributed by atoms with Crippen molar-refractivity contribution in [1.82, 2.24) is 0 Å². The first kappa shape index (κ1) is 14.3. The maximum atomic E-state index is 11.3. The fourth-order valence-electron chi connectivity index (χ4n) is 1.48. The van der Waals surface area contributed by atoms with Crippen molar-refractivity contribution >= 4 is 5.97 Å². The number of aliphatic hydroxyl groups is 1. The standard InChI is InChI=1S/C14H18O4/c1-3-12(14(16)17-2)7-8-18-13-6-4-5-11(9-13)10-15/h4-7,9,15H,3,8,10H2,1-2H3. The van der Waals surface area contributed by atoms with Crippen molar-refractivity contribution in [2.24, 2.45) is 0 Å². The summed E-state index contributed by atoms with van der Waals surface area (Å²) >= 11 is 0. The molecule has 1 N–H and O–H groups in total. The Balaban J connectivity index is 2.58. The molecule has 0 unspecified atom stereocenters. The van der Waals surface area contributed by atoms with Gasteiger partial charge in [0.25, 0.3) is 0 Å². The van der Waals surface area contributed by atoms with Gasteiger partial charge in [-0.25, -0.2) is 4.79 Å². The highest BCUT2D eigenvalue weighted by Gasteiger charge is 2.06. The average molecular weight is 250 g/mol. The smallest absolute Gasteiger partial charge is 0.333 e. The molecule has 1 aromatic rings. The van der Waals surface area contributed by atoms with E-state index in [4.69, 9.17) is 9.84 Å². The lowest BCUT2D eigenvalue weighted by Crippen LogP contribution is -2.06. The molecule has 0 saturated heterocycles. The van der Waals surface area contributed by atoms with E-state index >= 15 is 0 Å². The largest absolute Gasteiger partial charge is 0.490 e. The van der Waals surface area contributed by atoms with E-state index in [-0.39, 0.29) is 12.6 Å². The van der Waals surface area contributed by atoms with Crippen LogP contribution in [-0.2, 0) is 16.1 Å². The Kier molecular flexibility index (Phi) is 5.94. The van der Waals surface area contributed by atoms with Crippen LogP contribution in [0.2, 0.25) is 0 Å². The van der Waals surface area contributed by atoms with Crippen LogP contribution in [0.3, 0.4) is 0 Å². The predicted molar refractivity (Wildman–Crippen MR) is 68.2 cm³/mol. The zero-order chi connectivity index (χ0) is 13.4. The van der Waals surface area contributed by atoms with Crippen LogP contribution >= 0.6 is 0 Å². The first-order valence-electron chi connectivity index (χ1n) is 5.81. The number of esters is 1. The molecule has 0 fully saturated rings. The highest BCUT2D eigenvalue weighted by molar-refractivity contribution is 5.88. The SMILES string of the molecule is CCC(=CCOc1cccc(CO)c1)C(=O)OC. The molecule has 4 nitrogen and oxygen atoms in total. The summed E-state index contributed by atoms with van der Waals surface area (Å²) in [5, 5.41) is 8.99. The molecule has 0 atom stereocenters. The van der Waals surface area contributed by atoms with Gasteiger partial charge in [-0.05, 0) is 30.2 Å². The van der Waals surface area contributed by atoms with E-state index < -0.39 is 0 Å². The number of aliphatic hydroxyl groups excluding tert-OH is 1. The van der Waals surface area contributed by atoms with Gasteiger partial charge in [0.15, 0.2) is 0 Å². The van der Waals surface area contributed by atoms with Crippen LogP contribution in [0, 0.1) is 0 Å². The fourth-order valence-corrected chi connectivity index (χ4v) is 1.48. The molecular formula is C14H18O4. The summed E-state index contributed by atoms with van der Waals surface area (Å²) in [4.78, 5) is 11.3. The van der Waals surface area contributed by atoms with Crippen molar-refractivity contribution in [3.63, 3.8) is 0 Å². The third-order valence-electron chi connectivity index (χ3n) is 2.49. The second kappa shape index (κ2) is 7.50. The van der Waals surface area contributed by atoms with E-state index in [2.05, 4.69) is 4.74 Å². The molecule has 4 heteroatoms. The maximum absolute atomic E-state index is 11.3. The molecule has 1 aromatic carbocycles. The van der Waals surface area contributed by atoms with E-state index in [9.17, 15) is 4.79 Å². The minimum Gasteiger partial charge on any atom is -0.490 e. The first-order valence-corrected chi connectivity index (χ1v) is 5.81. The molecule has 0 heterocycles. The number of hydrogen-bond donors (Lipinski definition) is 1. The number of carbonyl (C=O) groups excluding carboxylic acids is 1. The van der Waals surface area contributed by atoms with Gasteiger partial charge < -0.3 is 14.6 Å². The highest BCUT2D eigenvalue weighted by atomic mass is 16.5. The van der Waals surface area contributed by atoms with Crippen LogP contribution in [0.15, 0.2) is 35.9 Å². The molecule has 0 aliphatic rings. The Bertz CT molecular complexity index is 424. The molecule has 18 heavy (non-hydrogen) atoms. The van der Waals surface area contributed by atoms with E-state index in [0.29, 0.717) is 24.4 Å². The van der Waals surface area contributed by atoms with Crippen LogP contribution in [-0.4, -0.2) is 24.8 Å². The molecule has 1 rings (SSSR count). The minimum atomic E-state index is -0.329. The second-order valence-corrected chi connectivity index (χ2v) is 3.69. The van der Waals surface area contributed by atoms with Crippen LogP contribution in [0.1, 0.15) is 18.9 Å². The quantitative estimate of drug-likeness (QED) is 0.620. The summed E-state index contributed by atoms with van der Waals surface area (Å²) in [6.45, 7) is 2.16. The van der Waals surface area contributed by atoms with Gasteiger partial charge >= 0.3 is 5.97 Å². The van der Waals surface area contributed by atoms with Gasteiger partial charge in [0.05, 0.1) is 13.7 Å². The number of hydrogen-bond acceptors (Lipinski definition) is 4. The third kappa shape index (κ3) is 4.22. The van der Waals surface area contributed by atoms with Gasteiger partial charge in [-0.1, -0.05) is 19.1 Å². The second-order valence-electron chi connectivity index (χ2n) is 3.69. The Morgan fingerprint density at radius 2 is 2.22 bits per heavy atom. The van der Waals surface area contributed by atoms with E-state index in [0.717, 1.165) is 5.56 Å². The summed E-state index contributed by atoms with van der Waals surface area (Å²) < 4.78 is 10.1. The molecule has 0 saturated carbocycles. The van der Waals surface area contributed by atoms with Crippen LogP contribution in [0.5, 0.6) is 5.75 Å². The molecule has 0 amide bonds. The lowest BCUT2D eigenvalue weighted by molar-refractivity contribution is -0.136. The zero-order valence-electron chi connectivity index (χ0n) is 10.7. The van der Waals surface area contributed by atoms with Gasteiger partial charge in [-0.3, -0.25) is 0 Å². The summed E-state index contributed by atoms with van der Waals surface area (Å²) in [7, 11) is 1.36. The molecule has 0 radical (unpaired) electrons. The van der Waals surface area contributed by atoms with Crippen LogP contribution < -0.4 is 4.74 Å². The summed E-state index contributed by atoms with van der Waals surface area (Å²) in [5.74, 6) is 0.336. The fraction of sp³-hybridized carbons (Fsp3) is 0.357. The summed E-state index contributed by atoms with van der Waals surface area (Å²) in [5.41, 5.74) is 1.39. The third-order valence-corrected chi connectivity index (χ3v) is 2.49. The predicted octanol–water partition coefficient (Wildman–Crippen LogP) is 2.07. The Morgan fingerprint density at radius 1 is 1.44 bits per heavy atom. The van der Waals surface area contributed by atoms with Crippen molar-refractivity contribution in [3.05, 3.63) is 41.5 Å². The Hall–Kier alpha value is -1.81. The number of benzene rings is 1. The number of carbonyl (C=O) groups is 1. The minimum absolute atomic E-state index is 0.0184. The van der Waals surface area contributed by atoms with Crippen molar-refractivity contribution in [2.75, 3.05) is 13.7 Å². The molecule has 0 bridgehead atoms. The first-order chi connectivity index (χ1) is 8.71. The van der Waals surface area contributed by atoms with E-state index in [1.165, 1.54) is 7.11 Å². The van der Waals surface area contributed by atoms with E-state index in [1.54, 1.807) is 18.2 Å². The maximum Gasteiger partial charge on any atom is 0.333 e. The lowest BCUT2D eigenvalue weighted by atomic mass is 10.2. The van der Waals surface area contributed by atoms with Crippen LogP contribution in [0.4, 0.5) is 0 Å². The number of rotatable bonds is 6. The van der Waals surface area contributed by atoms with Gasteiger partial charge in [-0.15, -0.1) is 0 Å². The molecular weight excluding hydrogens is 232 g/mol. The van der Waals surface area contributed by atoms with Crippen molar-refractivity contribution in [3.8, 4) is 5.75 Å². The molecule has 0 aliphatic carbocycles. The molecule has 98 valence electrons. The lowest BCUT2D eigenvalue weighted by Gasteiger charge is -2.06. The number of methoxy groups -OCH3 is 1. The van der Waals surface area contributed by atoms with Gasteiger partial charge in [0.1, 0.15) is 12.4 Å². The van der Waals surface area contributed by atoms with Crippen molar-refractivity contribution in [2.45, 2.75) is 20.0 Å². The summed E-state index contributed by atoms with van der Waals surface area (Å²) in [6.07, 6.45) is 2.31. The van der Waals surface area contributed by atoms with Gasteiger partial charge in [-0.2, -0.15) is 0 Å². The van der Waals surface area contributed by atoms with Gasteiger partial charge in [0, 0.05) is 5.57 Å². The summed E-state index contributed by atoms with van der Waals surface area (Å²) in [6, 6.07) is 7.19. The van der Waals surface area contributed by atoms with Crippen molar-refractivity contribution in [1.29, 1.82) is 0 Å². The molecule has 0 aliphatic heterocycles. The average Bonchev–Trinajstić information content (AvgIpc) is 2.43. The Morgan fingerprint density at radius 3 is 2.83 bits per heavy atom. The molecule has 0 spiro atoms. The van der Waals surface area contributed by atoms with Crippen molar-refractivity contribution < 1.29 is 19.4 Å². The van der Waals surface area contributed by atoms with Gasteiger partial charge in [0.2, 0.25) is 0 Å². The number of ether oxygens (including phenoxy) is 2. The monoisotopic (exact) mass is 250 g/mol. The normalized spacial score (nSPS) is 11.2. The topological polar surface area (TPSA) is 55.8 Å². The van der Waals surface area contributed by atoms with Crippen LogP contribution in [0.25, 0.3) is 0 Å².